The monoisotopic (exact) mass is 245 g/mol. The summed E-state index contributed by atoms with van der Waals surface area (Å²) in [6.07, 6.45) is 2.27. The summed E-state index contributed by atoms with van der Waals surface area (Å²) < 4.78 is 4.66. The number of amides is 1. The van der Waals surface area contributed by atoms with Gasteiger partial charge in [-0.1, -0.05) is 12.1 Å². The minimum atomic E-state index is -0.399. The molecule has 18 heavy (non-hydrogen) atoms. The van der Waals surface area contributed by atoms with Gasteiger partial charge in [-0.05, 0) is 18.2 Å². The number of ether oxygens (including phenoxy) is 1. The van der Waals surface area contributed by atoms with Crippen molar-refractivity contribution < 1.29 is 14.3 Å². The number of methoxy groups -OCH3 is 1. The Balaban J connectivity index is 2.26. The predicted molar refractivity (Wildman–Crippen MR) is 68.4 cm³/mol. The molecule has 1 aliphatic heterocycles. The van der Waals surface area contributed by atoms with Crippen molar-refractivity contribution in [3.63, 3.8) is 0 Å². The van der Waals surface area contributed by atoms with E-state index in [0.29, 0.717) is 18.5 Å². The van der Waals surface area contributed by atoms with Gasteiger partial charge >= 0.3 is 5.97 Å². The van der Waals surface area contributed by atoms with Crippen LogP contribution in [0.2, 0.25) is 0 Å². The maximum Gasteiger partial charge on any atom is 0.337 e. The van der Waals surface area contributed by atoms with Gasteiger partial charge in [0.05, 0.1) is 12.7 Å². The molecule has 0 bridgehead atoms. The maximum atomic E-state index is 11.9. The second-order valence-electron chi connectivity index (χ2n) is 4.25. The molecular formula is C14H15NO3. The second-order valence-corrected chi connectivity index (χ2v) is 4.25. The third-order valence-electron chi connectivity index (χ3n) is 3.07. The molecule has 0 aromatic heterocycles. The van der Waals surface area contributed by atoms with Crippen LogP contribution >= 0.6 is 0 Å². The van der Waals surface area contributed by atoms with Crippen molar-refractivity contribution in [1.82, 2.24) is 0 Å². The fourth-order valence-corrected chi connectivity index (χ4v) is 2.06. The third-order valence-corrected chi connectivity index (χ3v) is 3.07. The van der Waals surface area contributed by atoms with Crippen molar-refractivity contribution in [3.05, 3.63) is 42.5 Å². The Hall–Kier alpha value is -2.10. The molecule has 0 spiro atoms. The van der Waals surface area contributed by atoms with Gasteiger partial charge in [0.2, 0.25) is 5.91 Å². The summed E-state index contributed by atoms with van der Waals surface area (Å²) >= 11 is 0. The molecule has 1 aliphatic rings. The molecule has 1 amide bonds. The van der Waals surface area contributed by atoms with E-state index < -0.39 is 5.97 Å². The minimum absolute atomic E-state index is 0.0573. The number of carbonyl (C=O) groups excluding carboxylic acids is 2. The van der Waals surface area contributed by atoms with Gasteiger partial charge in [-0.2, -0.15) is 0 Å². The summed E-state index contributed by atoms with van der Waals surface area (Å²) in [7, 11) is 1.34. The number of anilines is 1. The lowest BCUT2D eigenvalue weighted by molar-refractivity contribution is -0.117. The molecule has 0 radical (unpaired) electrons. The molecule has 1 atom stereocenters. The smallest absolute Gasteiger partial charge is 0.337 e. The van der Waals surface area contributed by atoms with E-state index in [1.54, 1.807) is 29.2 Å². The molecule has 1 saturated heterocycles. The summed E-state index contributed by atoms with van der Waals surface area (Å²) in [6, 6.07) is 6.90. The molecule has 1 aromatic rings. The number of hydrogen-bond donors (Lipinski definition) is 0. The molecule has 0 aliphatic carbocycles. The second kappa shape index (κ2) is 5.04. The molecule has 94 valence electrons. The number of nitrogens with zero attached hydrogens (tertiary/aromatic N) is 1. The van der Waals surface area contributed by atoms with Crippen LogP contribution in [0, 0.1) is 5.92 Å². The average Bonchev–Trinajstić information content (AvgIpc) is 2.79. The van der Waals surface area contributed by atoms with Gasteiger partial charge in [0, 0.05) is 24.6 Å². The summed E-state index contributed by atoms with van der Waals surface area (Å²) in [5.74, 6) is -0.162. The van der Waals surface area contributed by atoms with Crippen molar-refractivity contribution >= 4 is 17.6 Å². The first-order valence-electron chi connectivity index (χ1n) is 5.77. The Morgan fingerprint density at radius 1 is 1.56 bits per heavy atom. The van der Waals surface area contributed by atoms with E-state index in [4.69, 9.17) is 0 Å². The van der Waals surface area contributed by atoms with E-state index >= 15 is 0 Å². The van der Waals surface area contributed by atoms with Crippen LogP contribution in [0.5, 0.6) is 0 Å². The molecule has 1 aromatic carbocycles. The first kappa shape index (κ1) is 12.4. The summed E-state index contributed by atoms with van der Waals surface area (Å²) in [5, 5.41) is 0. The van der Waals surface area contributed by atoms with Crippen molar-refractivity contribution in [2.75, 3.05) is 18.6 Å². The lowest BCUT2D eigenvalue weighted by Crippen LogP contribution is -2.24. The third kappa shape index (κ3) is 2.27. The highest BCUT2D eigenvalue weighted by Crippen LogP contribution is 2.26. The molecule has 4 nitrogen and oxygen atoms in total. The highest BCUT2D eigenvalue weighted by Gasteiger charge is 2.28. The van der Waals surface area contributed by atoms with Gasteiger partial charge in [-0.15, -0.1) is 6.58 Å². The van der Waals surface area contributed by atoms with Gasteiger partial charge < -0.3 is 9.64 Å². The fourth-order valence-electron chi connectivity index (χ4n) is 2.06. The molecule has 1 heterocycles. The molecule has 2 rings (SSSR count). The van der Waals surface area contributed by atoms with Crippen LogP contribution in [0.25, 0.3) is 0 Å². The molecule has 0 saturated carbocycles. The molecule has 1 fully saturated rings. The van der Waals surface area contributed by atoms with E-state index in [0.717, 1.165) is 5.69 Å². The molecular weight excluding hydrogens is 230 g/mol. The lowest BCUT2D eigenvalue weighted by atomic mass is 10.1. The van der Waals surface area contributed by atoms with Crippen LogP contribution in [0.15, 0.2) is 36.9 Å². The van der Waals surface area contributed by atoms with Gasteiger partial charge in [-0.3, -0.25) is 4.79 Å². The first-order chi connectivity index (χ1) is 8.65. The van der Waals surface area contributed by atoms with Gasteiger partial charge in [-0.25, -0.2) is 4.79 Å². The quantitative estimate of drug-likeness (QED) is 0.604. The van der Waals surface area contributed by atoms with Crippen LogP contribution in [0.1, 0.15) is 16.8 Å². The van der Waals surface area contributed by atoms with Crippen molar-refractivity contribution in [3.8, 4) is 0 Å². The van der Waals surface area contributed by atoms with Crippen molar-refractivity contribution in [2.45, 2.75) is 6.42 Å². The lowest BCUT2D eigenvalue weighted by Gasteiger charge is -2.16. The van der Waals surface area contributed by atoms with Gasteiger partial charge in [0.15, 0.2) is 0 Å². The Kier molecular flexibility index (Phi) is 3.46. The van der Waals surface area contributed by atoms with E-state index in [-0.39, 0.29) is 11.8 Å². The van der Waals surface area contributed by atoms with E-state index in [9.17, 15) is 9.59 Å². The number of carbonyl (C=O) groups is 2. The van der Waals surface area contributed by atoms with Crippen molar-refractivity contribution in [1.29, 1.82) is 0 Å². The summed E-state index contributed by atoms with van der Waals surface area (Å²) in [5.41, 5.74) is 1.18. The SMILES string of the molecule is C=CC1CC(=O)N(c2cccc(C(=O)OC)c2)C1. The largest absolute Gasteiger partial charge is 0.465 e. The standard InChI is InChI=1S/C14H15NO3/c1-3-10-7-13(16)15(9-10)12-6-4-5-11(8-12)14(17)18-2/h3-6,8,10H,1,7,9H2,2H3. The first-order valence-corrected chi connectivity index (χ1v) is 5.77. The van der Waals surface area contributed by atoms with Crippen LogP contribution < -0.4 is 4.90 Å². The van der Waals surface area contributed by atoms with Crippen LogP contribution in [-0.2, 0) is 9.53 Å². The Morgan fingerprint density at radius 3 is 2.94 bits per heavy atom. The number of esters is 1. The van der Waals surface area contributed by atoms with Crippen LogP contribution in [-0.4, -0.2) is 25.5 Å². The zero-order valence-corrected chi connectivity index (χ0v) is 10.3. The molecule has 4 heteroatoms. The highest BCUT2D eigenvalue weighted by molar-refractivity contribution is 5.98. The highest BCUT2D eigenvalue weighted by atomic mass is 16.5. The summed E-state index contributed by atoms with van der Waals surface area (Å²) in [6.45, 7) is 4.33. The fraction of sp³-hybridized carbons (Fsp3) is 0.286. The number of rotatable bonds is 3. The average molecular weight is 245 g/mol. The normalized spacial score (nSPS) is 18.8. The Bertz CT molecular complexity index is 496. The predicted octanol–water partition coefficient (Wildman–Crippen LogP) is 2.01. The zero-order valence-electron chi connectivity index (χ0n) is 10.3. The van der Waals surface area contributed by atoms with E-state index in [1.165, 1.54) is 7.11 Å². The Morgan fingerprint density at radius 2 is 2.33 bits per heavy atom. The minimum Gasteiger partial charge on any atom is -0.465 e. The molecule has 0 N–H and O–H groups in total. The van der Waals surface area contributed by atoms with E-state index in [1.807, 2.05) is 6.07 Å². The zero-order chi connectivity index (χ0) is 13.1. The summed E-state index contributed by atoms with van der Waals surface area (Å²) in [4.78, 5) is 25.0. The van der Waals surface area contributed by atoms with Crippen LogP contribution in [0.3, 0.4) is 0 Å². The van der Waals surface area contributed by atoms with E-state index in [2.05, 4.69) is 11.3 Å². The number of hydrogen-bond acceptors (Lipinski definition) is 3. The van der Waals surface area contributed by atoms with Crippen molar-refractivity contribution in [2.24, 2.45) is 5.92 Å². The topological polar surface area (TPSA) is 46.6 Å². The van der Waals surface area contributed by atoms with Gasteiger partial charge in [0.1, 0.15) is 0 Å². The van der Waals surface area contributed by atoms with Gasteiger partial charge in [0.25, 0.3) is 0 Å². The number of benzene rings is 1. The Labute approximate surface area is 106 Å². The molecule has 1 unspecified atom stereocenters. The van der Waals surface area contributed by atoms with Crippen LogP contribution in [0.4, 0.5) is 5.69 Å². The maximum absolute atomic E-state index is 11.9.